The molecule has 0 radical (unpaired) electrons. The molecule has 194 valence electrons. The van der Waals surface area contributed by atoms with Crippen molar-refractivity contribution in [3.8, 4) is 0 Å². The van der Waals surface area contributed by atoms with E-state index in [9.17, 15) is 13.0 Å². The highest BCUT2D eigenvalue weighted by Gasteiger charge is 2.19. The Kier molecular flexibility index (Phi) is 19.3. The lowest BCUT2D eigenvalue weighted by Gasteiger charge is -2.35. The smallest absolute Gasteiger partial charge is 0.124 e. The molecule has 0 aliphatic heterocycles. The zero-order chi connectivity index (χ0) is 25.0. The molecule has 33 heavy (non-hydrogen) atoms. The number of aryl methyl sites for hydroxylation is 1. The minimum atomic E-state index is -4.27. The zero-order valence-electron chi connectivity index (χ0n) is 21.8. The van der Waals surface area contributed by atoms with E-state index in [4.69, 9.17) is 11.6 Å². The summed E-state index contributed by atoms with van der Waals surface area (Å²) in [5.74, 6) is 0.820. The lowest BCUT2D eigenvalue weighted by Crippen LogP contribution is -2.46. The number of hydrogen-bond donors (Lipinski definition) is 0. The van der Waals surface area contributed by atoms with Crippen LogP contribution in [0.4, 0.5) is 0 Å². The van der Waals surface area contributed by atoms with E-state index in [1.54, 1.807) is 12.1 Å². The van der Waals surface area contributed by atoms with Gasteiger partial charge in [-0.3, -0.25) is 0 Å². The Morgan fingerprint density at radius 2 is 1.12 bits per heavy atom. The van der Waals surface area contributed by atoms with Gasteiger partial charge >= 0.3 is 0 Å². The molecule has 0 atom stereocenters. The molecule has 1 aromatic carbocycles. The summed E-state index contributed by atoms with van der Waals surface area (Å²) in [5, 5.41) is 0. The zero-order valence-corrected chi connectivity index (χ0v) is 23.4. The highest BCUT2D eigenvalue weighted by atomic mass is 35.5. The van der Waals surface area contributed by atoms with Gasteiger partial charge in [0.05, 0.1) is 31.6 Å². The molecule has 0 amide bonds. The van der Waals surface area contributed by atoms with Gasteiger partial charge in [-0.2, -0.15) is 0 Å². The Morgan fingerprint density at radius 3 is 1.52 bits per heavy atom. The molecule has 0 heterocycles. The summed E-state index contributed by atoms with van der Waals surface area (Å²) in [6.45, 7) is 10.4. The van der Waals surface area contributed by atoms with Gasteiger partial charge in [0, 0.05) is 12.3 Å². The summed E-state index contributed by atoms with van der Waals surface area (Å²) >= 11 is 5.93. The van der Waals surface area contributed by atoms with Gasteiger partial charge in [-0.1, -0.05) is 82.9 Å². The second kappa shape index (κ2) is 19.7. The number of alkyl halides is 1. The number of nitrogens with zero attached hydrogens (tertiary/aromatic N) is 1. The van der Waals surface area contributed by atoms with Crippen LogP contribution in [0.3, 0.4) is 0 Å². The van der Waals surface area contributed by atoms with Crippen LogP contribution in [0.15, 0.2) is 29.2 Å². The van der Waals surface area contributed by atoms with Crippen LogP contribution in [-0.4, -0.2) is 50.0 Å². The van der Waals surface area contributed by atoms with Crippen molar-refractivity contribution in [2.45, 2.75) is 109 Å². The average Bonchev–Trinajstić information content (AvgIpc) is 2.77. The Hall–Kier alpha value is -0.620. The van der Waals surface area contributed by atoms with E-state index in [0.717, 1.165) is 11.4 Å². The van der Waals surface area contributed by atoms with Gasteiger partial charge < -0.3 is 9.04 Å². The van der Waals surface area contributed by atoms with Crippen molar-refractivity contribution in [1.82, 2.24) is 0 Å². The Balaban J connectivity index is 0.000000771. The first kappa shape index (κ1) is 32.4. The topological polar surface area (TPSA) is 57.2 Å². The number of rotatable bonds is 18. The van der Waals surface area contributed by atoms with Gasteiger partial charge in [0.1, 0.15) is 10.1 Å². The van der Waals surface area contributed by atoms with Gasteiger partial charge in [-0.15, -0.1) is 11.6 Å². The summed E-state index contributed by atoms with van der Waals surface area (Å²) < 4.78 is 32.4. The highest BCUT2D eigenvalue weighted by molar-refractivity contribution is 7.85. The molecule has 0 bridgehead atoms. The van der Waals surface area contributed by atoms with Gasteiger partial charge in [-0.25, -0.2) is 8.42 Å². The van der Waals surface area contributed by atoms with Crippen molar-refractivity contribution in [3.63, 3.8) is 0 Å². The molecule has 0 aromatic heterocycles. The second-order valence-electron chi connectivity index (χ2n) is 9.64. The van der Waals surface area contributed by atoms with E-state index in [1.807, 2.05) is 6.92 Å². The molecular formula is C27H50ClNO3S. The van der Waals surface area contributed by atoms with Gasteiger partial charge in [0.25, 0.3) is 0 Å². The van der Waals surface area contributed by atoms with Gasteiger partial charge in [-0.05, 0) is 44.7 Å². The SMILES string of the molecule is CCCCCCCC[N+](C)(CCCCl)CCCCCCCC.Cc1ccc(S(=O)(=O)[O-])cc1. The van der Waals surface area contributed by atoms with Crippen LogP contribution in [-0.2, 0) is 10.1 Å². The van der Waals surface area contributed by atoms with Gasteiger partial charge in [0.2, 0.25) is 0 Å². The van der Waals surface area contributed by atoms with Crippen LogP contribution in [0.25, 0.3) is 0 Å². The van der Waals surface area contributed by atoms with Crippen molar-refractivity contribution in [3.05, 3.63) is 29.8 Å². The molecule has 0 spiro atoms. The fraction of sp³-hybridized carbons (Fsp3) is 0.778. The summed E-state index contributed by atoms with van der Waals surface area (Å²) in [6, 6.07) is 5.78. The van der Waals surface area contributed by atoms with Crippen molar-refractivity contribution in [2.75, 3.05) is 32.6 Å². The molecule has 1 aromatic rings. The molecule has 1 rings (SSSR count). The standard InChI is InChI=1S/C20H43ClN.C7H8O3S/c1-4-6-8-10-12-14-18-22(3,20-16-17-21)19-15-13-11-9-7-5-2;1-6-2-4-7(5-3-6)11(8,9)10/h4-20H2,1-3H3;2-5H,1H3,(H,8,9,10)/q+1;/p-1. The largest absolute Gasteiger partial charge is 0.744 e. The number of unbranched alkanes of at least 4 members (excludes halogenated alkanes) is 10. The van der Waals surface area contributed by atoms with E-state index >= 15 is 0 Å². The van der Waals surface area contributed by atoms with Crippen LogP contribution in [0, 0.1) is 6.92 Å². The predicted molar refractivity (Wildman–Crippen MR) is 142 cm³/mol. The van der Waals surface area contributed by atoms with Crippen LogP contribution in [0.2, 0.25) is 0 Å². The maximum absolute atomic E-state index is 10.4. The fourth-order valence-electron chi connectivity index (χ4n) is 4.03. The van der Waals surface area contributed by atoms with E-state index in [0.29, 0.717) is 0 Å². The molecule has 4 nitrogen and oxygen atoms in total. The Morgan fingerprint density at radius 1 is 0.727 bits per heavy atom. The molecule has 0 saturated heterocycles. The maximum atomic E-state index is 10.4. The van der Waals surface area contributed by atoms with E-state index in [1.165, 1.54) is 120 Å². The van der Waals surface area contributed by atoms with Crippen molar-refractivity contribution in [2.24, 2.45) is 0 Å². The molecule has 0 N–H and O–H groups in total. The third-order valence-electron chi connectivity index (χ3n) is 6.24. The molecular weight excluding hydrogens is 454 g/mol. The number of halogens is 1. The van der Waals surface area contributed by atoms with E-state index in [-0.39, 0.29) is 4.90 Å². The number of hydrogen-bond acceptors (Lipinski definition) is 3. The minimum absolute atomic E-state index is 0.178. The third-order valence-corrected chi connectivity index (χ3v) is 7.36. The summed E-state index contributed by atoms with van der Waals surface area (Å²) in [6.07, 6.45) is 18.1. The Labute approximate surface area is 210 Å². The lowest BCUT2D eigenvalue weighted by molar-refractivity contribution is -0.910. The third kappa shape index (κ3) is 18.4. The minimum Gasteiger partial charge on any atom is -0.744 e. The Bertz CT molecular complexity index is 661. The average molecular weight is 504 g/mol. The summed E-state index contributed by atoms with van der Waals surface area (Å²) in [7, 11) is -1.81. The first-order valence-electron chi connectivity index (χ1n) is 13.1. The summed E-state index contributed by atoms with van der Waals surface area (Å²) in [4.78, 5) is -0.178. The molecule has 6 heteroatoms. The van der Waals surface area contributed by atoms with Gasteiger partial charge in [0.15, 0.2) is 0 Å². The second-order valence-corrected chi connectivity index (χ2v) is 11.4. The van der Waals surface area contributed by atoms with E-state index in [2.05, 4.69) is 20.9 Å². The normalized spacial score (nSPS) is 11.8. The lowest BCUT2D eigenvalue weighted by atomic mass is 10.1. The molecule has 0 aliphatic carbocycles. The highest BCUT2D eigenvalue weighted by Crippen LogP contribution is 2.14. The molecule has 0 aliphatic rings. The van der Waals surface area contributed by atoms with E-state index < -0.39 is 10.1 Å². The molecule has 0 fully saturated rings. The first-order chi connectivity index (χ1) is 15.7. The number of quaternary nitrogens is 1. The van der Waals surface area contributed by atoms with Crippen LogP contribution in [0.5, 0.6) is 0 Å². The van der Waals surface area contributed by atoms with Crippen molar-refractivity contribution in [1.29, 1.82) is 0 Å². The maximum Gasteiger partial charge on any atom is 0.124 e. The van der Waals surface area contributed by atoms with Crippen molar-refractivity contribution < 1.29 is 17.5 Å². The molecule has 0 saturated carbocycles. The fourth-order valence-corrected chi connectivity index (χ4v) is 4.62. The summed E-state index contributed by atoms with van der Waals surface area (Å²) in [5.41, 5.74) is 0.928. The number of benzene rings is 1. The van der Waals surface area contributed by atoms with Crippen molar-refractivity contribution >= 4 is 21.7 Å². The first-order valence-corrected chi connectivity index (χ1v) is 15.0. The quantitative estimate of drug-likeness (QED) is 0.0892. The van der Waals surface area contributed by atoms with Crippen LogP contribution < -0.4 is 0 Å². The molecule has 0 unspecified atom stereocenters. The predicted octanol–water partition coefficient (Wildman–Crippen LogP) is 7.68. The van der Waals surface area contributed by atoms with Crippen LogP contribution in [0.1, 0.15) is 103 Å². The monoisotopic (exact) mass is 503 g/mol. The van der Waals surface area contributed by atoms with Crippen LogP contribution >= 0.6 is 11.6 Å².